The Morgan fingerprint density at radius 2 is 1.50 bits per heavy atom. The van der Waals surface area contributed by atoms with Crippen LogP contribution in [0.3, 0.4) is 0 Å². The van der Waals surface area contributed by atoms with Crippen molar-refractivity contribution < 1.29 is 18.9 Å². The lowest BCUT2D eigenvalue weighted by atomic mass is 9.85. The average molecular weight is 314 g/mol. The minimum absolute atomic E-state index is 0.283. The van der Waals surface area contributed by atoms with Gasteiger partial charge in [-0.2, -0.15) is 0 Å². The number of hydrogen-bond donors (Lipinski definition) is 0. The maximum absolute atomic E-state index is 6.38. The molecule has 0 saturated carbocycles. The van der Waals surface area contributed by atoms with E-state index >= 15 is 0 Å². The summed E-state index contributed by atoms with van der Waals surface area (Å²) in [6, 6.07) is 0. The van der Waals surface area contributed by atoms with Crippen LogP contribution in [0.4, 0.5) is 0 Å². The molecule has 0 aromatic rings. The molecule has 4 heteroatoms. The van der Waals surface area contributed by atoms with Crippen LogP contribution in [0.2, 0.25) is 0 Å². The van der Waals surface area contributed by atoms with Crippen LogP contribution in [-0.2, 0) is 18.9 Å². The van der Waals surface area contributed by atoms with E-state index in [-0.39, 0.29) is 12.2 Å². The van der Waals surface area contributed by atoms with Crippen LogP contribution in [0.25, 0.3) is 0 Å². The molecule has 2 rings (SSSR count). The Morgan fingerprint density at radius 1 is 0.909 bits per heavy atom. The van der Waals surface area contributed by atoms with Crippen molar-refractivity contribution in [1.82, 2.24) is 0 Å². The highest BCUT2D eigenvalue weighted by molar-refractivity contribution is 4.83. The van der Waals surface area contributed by atoms with E-state index in [1.54, 1.807) is 0 Å². The Balaban J connectivity index is 2.03. The Bertz CT molecular complexity index is 283. The van der Waals surface area contributed by atoms with Crippen molar-refractivity contribution in [3.8, 4) is 0 Å². The van der Waals surface area contributed by atoms with Crippen LogP contribution in [0, 0.1) is 5.92 Å². The topological polar surface area (TPSA) is 43.5 Å². The molecule has 0 aliphatic carbocycles. The molecule has 0 amide bonds. The average Bonchev–Trinajstić information content (AvgIpc) is 3.39. The molecule has 2 heterocycles. The molecule has 22 heavy (non-hydrogen) atoms. The maximum Gasteiger partial charge on any atom is 0.171 e. The summed E-state index contributed by atoms with van der Waals surface area (Å²) < 4.78 is 23.4. The van der Waals surface area contributed by atoms with Gasteiger partial charge in [-0.05, 0) is 12.8 Å². The summed E-state index contributed by atoms with van der Waals surface area (Å²) in [5, 5.41) is 0. The minimum Gasteiger partial charge on any atom is -0.371 e. The maximum atomic E-state index is 6.38. The van der Waals surface area contributed by atoms with Crippen LogP contribution in [-0.4, -0.2) is 44.4 Å². The van der Waals surface area contributed by atoms with Crippen molar-refractivity contribution >= 4 is 0 Å². The van der Waals surface area contributed by atoms with Crippen LogP contribution < -0.4 is 0 Å². The first kappa shape index (κ1) is 18.2. The molecular formula is C18H34O4. The molecule has 3 unspecified atom stereocenters. The summed E-state index contributed by atoms with van der Waals surface area (Å²) in [6.45, 7) is 9.72. The molecule has 2 saturated heterocycles. The third-order valence-corrected chi connectivity index (χ3v) is 4.60. The summed E-state index contributed by atoms with van der Waals surface area (Å²) in [7, 11) is 0. The number of unbranched alkanes of at least 4 members (excludes halogenated alkanes) is 1. The molecule has 3 atom stereocenters. The van der Waals surface area contributed by atoms with Gasteiger partial charge in [-0.3, -0.25) is 0 Å². The van der Waals surface area contributed by atoms with Crippen molar-refractivity contribution in [1.29, 1.82) is 0 Å². The highest BCUT2D eigenvalue weighted by Gasteiger charge is 2.42. The fourth-order valence-corrected chi connectivity index (χ4v) is 3.15. The third kappa shape index (κ3) is 5.80. The van der Waals surface area contributed by atoms with Crippen LogP contribution in [0.5, 0.6) is 0 Å². The summed E-state index contributed by atoms with van der Waals surface area (Å²) in [5.41, 5.74) is 0. The second-order valence-corrected chi connectivity index (χ2v) is 6.72. The van der Waals surface area contributed by atoms with E-state index < -0.39 is 5.79 Å². The zero-order valence-corrected chi connectivity index (χ0v) is 14.6. The van der Waals surface area contributed by atoms with E-state index in [1.807, 2.05) is 0 Å². The van der Waals surface area contributed by atoms with Gasteiger partial charge < -0.3 is 18.9 Å². The largest absolute Gasteiger partial charge is 0.371 e. The molecule has 130 valence electrons. The van der Waals surface area contributed by atoms with Gasteiger partial charge in [-0.15, -0.1) is 0 Å². The third-order valence-electron chi connectivity index (χ3n) is 4.60. The van der Waals surface area contributed by atoms with E-state index in [0.717, 1.165) is 32.5 Å². The molecule has 0 aromatic heterocycles. The lowest BCUT2D eigenvalue weighted by Gasteiger charge is -2.40. The second-order valence-electron chi connectivity index (χ2n) is 6.72. The molecule has 0 bridgehead atoms. The first-order valence-electron chi connectivity index (χ1n) is 9.25. The lowest BCUT2D eigenvalue weighted by molar-refractivity contribution is -0.276. The first-order chi connectivity index (χ1) is 10.7. The summed E-state index contributed by atoms with van der Waals surface area (Å²) in [4.78, 5) is 0. The molecule has 0 spiro atoms. The Morgan fingerprint density at radius 3 is 1.91 bits per heavy atom. The molecule has 2 aliphatic heterocycles. The molecule has 4 nitrogen and oxygen atoms in total. The molecular weight excluding hydrogens is 280 g/mol. The van der Waals surface area contributed by atoms with Crippen molar-refractivity contribution in [3.05, 3.63) is 0 Å². The van der Waals surface area contributed by atoms with E-state index in [2.05, 4.69) is 20.8 Å². The summed E-state index contributed by atoms with van der Waals surface area (Å²) in [6.07, 6.45) is 8.58. The number of hydrogen-bond acceptors (Lipinski definition) is 4. The zero-order chi connectivity index (χ0) is 15.8. The van der Waals surface area contributed by atoms with Crippen LogP contribution >= 0.6 is 0 Å². The van der Waals surface area contributed by atoms with Gasteiger partial charge >= 0.3 is 0 Å². The van der Waals surface area contributed by atoms with Crippen molar-refractivity contribution in [2.24, 2.45) is 5.92 Å². The standard InChI is InChI=1S/C18H34O4/c1-4-7-9-15(8-5-2)18(10-6-3,21-13-16-11-19-16)22-14-17-12-20-17/h15-17H,4-14H2,1-3H3. The molecule has 0 N–H and O–H groups in total. The lowest BCUT2D eigenvalue weighted by Crippen LogP contribution is -2.45. The number of ether oxygens (including phenoxy) is 4. The van der Waals surface area contributed by atoms with Gasteiger partial charge in [-0.25, -0.2) is 0 Å². The normalized spacial score (nSPS) is 27.4. The van der Waals surface area contributed by atoms with Crippen molar-refractivity contribution in [2.75, 3.05) is 26.4 Å². The Hall–Kier alpha value is -0.160. The Labute approximate surface area is 135 Å². The van der Waals surface area contributed by atoms with E-state index in [1.165, 1.54) is 25.7 Å². The van der Waals surface area contributed by atoms with Crippen LogP contribution in [0.1, 0.15) is 65.7 Å². The van der Waals surface area contributed by atoms with E-state index in [4.69, 9.17) is 18.9 Å². The second kappa shape index (κ2) is 9.21. The predicted molar refractivity (Wildman–Crippen MR) is 86.9 cm³/mol. The monoisotopic (exact) mass is 314 g/mol. The van der Waals surface area contributed by atoms with Gasteiger partial charge in [0.25, 0.3) is 0 Å². The highest BCUT2D eigenvalue weighted by atomic mass is 16.7. The SMILES string of the molecule is CCCCC(CCC)C(CCC)(OCC1CO1)OCC1CO1. The van der Waals surface area contributed by atoms with Gasteiger partial charge in [0.05, 0.1) is 26.4 Å². The van der Waals surface area contributed by atoms with Gasteiger partial charge in [0.15, 0.2) is 5.79 Å². The fraction of sp³-hybridized carbons (Fsp3) is 1.00. The Kier molecular flexibility index (Phi) is 7.61. The van der Waals surface area contributed by atoms with Gasteiger partial charge in [0.2, 0.25) is 0 Å². The van der Waals surface area contributed by atoms with Gasteiger partial charge in [0, 0.05) is 12.3 Å². The smallest absolute Gasteiger partial charge is 0.171 e. The van der Waals surface area contributed by atoms with Gasteiger partial charge in [0.1, 0.15) is 12.2 Å². The number of epoxide rings is 2. The number of rotatable bonds is 14. The van der Waals surface area contributed by atoms with E-state index in [9.17, 15) is 0 Å². The van der Waals surface area contributed by atoms with E-state index in [0.29, 0.717) is 19.1 Å². The van der Waals surface area contributed by atoms with Gasteiger partial charge in [-0.1, -0.05) is 46.5 Å². The molecule has 0 aromatic carbocycles. The van der Waals surface area contributed by atoms with Crippen molar-refractivity contribution in [3.63, 3.8) is 0 Å². The zero-order valence-electron chi connectivity index (χ0n) is 14.6. The first-order valence-corrected chi connectivity index (χ1v) is 9.25. The summed E-state index contributed by atoms with van der Waals surface area (Å²) in [5.74, 6) is 0.0209. The molecule has 2 aliphatic rings. The molecule has 0 radical (unpaired) electrons. The fourth-order valence-electron chi connectivity index (χ4n) is 3.15. The quantitative estimate of drug-likeness (QED) is 0.360. The minimum atomic E-state index is -0.447. The molecule has 2 fully saturated rings. The predicted octanol–water partition coefficient (Wildman–Crippen LogP) is 3.92. The van der Waals surface area contributed by atoms with Crippen molar-refractivity contribution in [2.45, 2.75) is 83.7 Å². The highest BCUT2D eigenvalue weighted by Crippen LogP contribution is 2.37. The summed E-state index contributed by atoms with van der Waals surface area (Å²) >= 11 is 0. The van der Waals surface area contributed by atoms with Crippen LogP contribution in [0.15, 0.2) is 0 Å².